The van der Waals surface area contributed by atoms with E-state index >= 15 is 0 Å². The Morgan fingerprint density at radius 2 is 2.28 bits per heavy atom. The number of carbonyl (C=O) groups excluding carboxylic acids is 1. The Balaban J connectivity index is 2.21. The van der Waals surface area contributed by atoms with Gasteiger partial charge in [0.05, 0.1) is 17.4 Å². The standard InChI is InChI=1S/C16H16N4O5/c1-3-24-16(21)13-12(9-5-4-6-10(7-9)20(22)23)11-8(2)18-19-15(11)25-14(13)17/h4-7,12H,3,17H2,1-2H3,(H,18,19). The van der Waals surface area contributed by atoms with Crippen molar-refractivity contribution in [2.75, 3.05) is 6.61 Å². The van der Waals surface area contributed by atoms with E-state index in [0.29, 0.717) is 16.8 Å². The average molecular weight is 344 g/mol. The molecule has 3 N–H and O–H groups in total. The predicted molar refractivity (Wildman–Crippen MR) is 86.7 cm³/mol. The van der Waals surface area contributed by atoms with Gasteiger partial charge in [-0.25, -0.2) is 4.79 Å². The van der Waals surface area contributed by atoms with Crippen molar-refractivity contribution in [2.24, 2.45) is 5.73 Å². The van der Waals surface area contributed by atoms with E-state index in [2.05, 4.69) is 10.2 Å². The van der Waals surface area contributed by atoms with E-state index in [1.807, 2.05) is 0 Å². The number of aromatic nitrogens is 2. The summed E-state index contributed by atoms with van der Waals surface area (Å²) in [6, 6.07) is 6.02. The van der Waals surface area contributed by atoms with E-state index in [1.54, 1.807) is 26.0 Å². The lowest BCUT2D eigenvalue weighted by Gasteiger charge is -2.25. The van der Waals surface area contributed by atoms with Crippen LogP contribution >= 0.6 is 0 Å². The maximum Gasteiger partial charge on any atom is 0.340 e. The number of nitro groups is 1. The fourth-order valence-corrected chi connectivity index (χ4v) is 2.86. The summed E-state index contributed by atoms with van der Waals surface area (Å²) in [5, 5.41) is 17.9. The maximum atomic E-state index is 12.4. The van der Waals surface area contributed by atoms with Crippen LogP contribution in [0.15, 0.2) is 35.7 Å². The van der Waals surface area contributed by atoms with Crippen molar-refractivity contribution >= 4 is 11.7 Å². The van der Waals surface area contributed by atoms with E-state index < -0.39 is 16.8 Å². The maximum absolute atomic E-state index is 12.4. The number of fused-ring (bicyclic) bond motifs is 1. The van der Waals surface area contributed by atoms with Crippen LogP contribution in [0.4, 0.5) is 5.69 Å². The second kappa shape index (κ2) is 6.27. The lowest BCUT2D eigenvalue weighted by Crippen LogP contribution is -2.27. The molecule has 1 aromatic heterocycles. The number of hydrogen-bond donors (Lipinski definition) is 2. The molecule has 0 radical (unpaired) electrons. The van der Waals surface area contributed by atoms with Gasteiger partial charge in [0.2, 0.25) is 11.8 Å². The van der Waals surface area contributed by atoms with Crippen LogP contribution < -0.4 is 10.5 Å². The molecule has 0 spiro atoms. The fourth-order valence-electron chi connectivity index (χ4n) is 2.86. The third-order valence-electron chi connectivity index (χ3n) is 3.92. The van der Waals surface area contributed by atoms with Crippen molar-refractivity contribution in [3.8, 4) is 5.88 Å². The molecule has 1 aliphatic rings. The highest BCUT2D eigenvalue weighted by atomic mass is 16.6. The molecule has 0 bridgehead atoms. The third kappa shape index (κ3) is 2.80. The quantitative estimate of drug-likeness (QED) is 0.491. The summed E-state index contributed by atoms with van der Waals surface area (Å²) >= 11 is 0. The van der Waals surface area contributed by atoms with Crippen LogP contribution in [0.1, 0.15) is 29.7 Å². The van der Waals surface area contributed by atoms with Crippen LogP contribution in [0.5, 0.6) is 5.88 Å². The summed E-state index contributed by atoms with van der Waals surface area (Å²) < 4.78 is 10.5. The molecule has 1 unspecified atom stereocenters. The third-order valence-corrected chi connectivity index (χ3v) is 3.92. The van der Waals surface area contributed by atoms with Crippen LogP contribution in [0.3, 0.4) is 0 Å². The molecule has 130 valence electrons. The number of nitrogens with zero attached hydrogens (tertiary/aromatic N) is 2. The van der Waals surface area contributed by atoms with E-state index in [9.17, 15) is 14.9 Å². The molecule has 3 rings (SSSR count). The predicted octanol–water partition coefficient (Wildman–Crippen LogP) is 1.88. The van der Waals surface area contributed by atoms with Gasteiger partial charge in [-0.3, -0.25) is 15.2 Å². The summed E-state index contributed by atoms with van der Waals surface area (Å²) in [4.78, 5) is 23.1. The molecule has 0 saturated heterocycles. The van der Waals surface area contributed by atoms with Crippen LogP contribution in [-0.2, 0) is 9.53 Å². The number of benzene rings is 1. The van der Waals surface area contributed by atoms with Gasteiger partial charge in [-0.2, -0.15) is 0 Å². The number of nitrogens with one attached hydrogen (secondary N) is 1. The van der Waals surface area contributed by atoms with Gasteiger partial charge in [0.1, 0.15) is 5.57 Å². The van der Waals surface area contributed by atoms with Gasteiger partial charge in [-0.15, -0.1) is 5.10 Å². The van der Waals surface area contributed by atoms with E-state index in [4.69, 9.17) is 15.2 Å². The summed E-state index contributed by atoms with van der Waals surface area (Å²) in [7, 11) is 0. The number of nitro benzene ring substituents is 1. The normalized spacial score (nSPS) is 16.2. The zero-order valence-corrected chi connectivity index (χ0v) is 13.6. The summed E-state index contributed by atoms with van der Waals surface area (Å²) in [5.41, 5.74) is 7.72. The Morgan fingerprint density at radius 3 is 2.96 bits per heavy atom. The molecular formula is C16H16N4O5. The minimum Gasteiger partial charge on any atom is -0.462 e. The smallest absolute Gasteiger partial charge is 0.340 e. The van der Waals surface area contributed by atoms with Gasteiger partial charge in [-0.1, -0.05) is 12.1 Å². The highest BCUT2D eigenvalue weighted by Crippen LogP contribution is 2.43. The number of nitrogens with two attached hydrogens (primary N) is 1. The number of ether oxygens (including phenoxy) is 2. The molecule has 1 aliphatic heterocycles. The zero-order valence-electron chi connectivity index (χ0n) is 13.6. The monoisotopic (exact) mass is 344 g/mol. The van der Waals surface area contributed by atoms with Crippen LogP contribution in [0.2, 0.25) is 0 Å². The Hall–Kier alpha value is -3.36. The molecule has 0 aliphatic carbocycles. The highest BCUT2D eigenvalue weighted by Gasteiger charge is 2.38. The Kier molecular flexibility index (Phi) is 4.14. The molecule has 25 heavy (non-hydrogen) atoms. The Morgan fingerprint density at radius 1 is 1.52 bits per heavy atom. The number of aromatic amines is 1. The number of H-pyrrole nitrogens is 1. The van der Waals surface area contributed by atoms with Crippen LogP contribution in [0.25, 0.3) is 0 Å². The molecule has 1 aromatic carbocycles. The molecule has 1 atom stereocenters. The lowest BCUT2D eigenvalue weighted by molar-refractivity contribution is -0.384. The van der Waals surface area contributed by atoms with Crippen LogP contribution in [-0.4, -0.2) is 27.7 Å². The molecule has 9 nitrogen and oxygen atoms in total. The van der Waals surface area contributed by atoms with Gasteiger partial charge >= 0.3 is 5.97 Å². The fraction of sp³-hybridized carbons (Fsp3) is 0.250. The van der Waals surface area contributed by atoms with Gasteiger partial charge < -0.3 is 15.2 Å². The highest BCUT2D eigenvalue weighted by molar-refractivity contribution is 5.92. The van der Waals surface area contributed by atoms with E-state index in [0.717, 1.165) is 0 Å². The van der Waals surface area contributed by atoms with Crippen molar-refractivity contribution in [1.82, 2.24) is 10.2 Å². The minimum atomic E-state index is -0.679. The summed E-state index contributed by atoms with van der Waals surface area (Å²) in [5.74, 6) is -1.21. The van der Waals surface area contributed by atoms with Gasteiger partial charge in [0, 0.05) is 23.4 Å². The van der Waals surface area contributed by atoms with Crippen molar-refractivity contribution in [3.63, 3.8) is 0 Å². The molecule has 9 heteroatoms. The average Bonchev–Trinajstić information content (AvgIpc) is 2.94. The molecule has 2 aromatic rings. The molecule has 0 saturated carbocycles. The van der Waals surface area contributed by atoms with Gasteiger partial charge in [0.15, 0.2) is 0 Å². The number of carbonyl (C=O) groups is 1. The van der Waals surface area contributed by atoms with Crippen LogP contribution in [0, 0.1) is 17.0 Å². The topological polar surface area (TPSA) is 133 Å². The number of esters is 1. The SMILES string of the molecule is CCOC(=O)C1=C(N)Oc2n[nH]c(C)c2C1c1cccc([N+](=O)[O-])c1. The first kappa shape index (κ1) is 16.5. The molecule has 0 fully saturated rings. The summed E-state index contributed by atoms with van der Waals surface area (Å²) in [6.45, 7) is 3.60. The lowest BCUT2D eigenvalue weighted by atomic mass is 9.83. The molecule has 0 amide bonds. The first-order valence-corrected chi connectivity index (χ1v) is 7.57. The van der Waals surface area contributed by atoms with Crippen molar-refractivity contribution < 1.29 is 19.2 Å². The van der Waals surface area contributed by atoms with Gasteiger partial charge in [-0.05, 0) is 19.4 Å². The minimum absolute atomic E-state index is 0.0894. The second-order valence-corrected chi connectivity index (χ2v) is 5.45. The molecule has 2 heterocycles. The van der Waals surface area contributed by atoms with Gasteiger partial charge in [0.25, 0.3) is 5.69 Å². The Bertz CT molecular complexity index is 886. The van der Waals surface area contributed by atoms with Crippen molar-refractivity contribution in [1.29, 1.82) is 0 Å². The van der Waals surface area contributed by atoms with Crippen molar-refractivity contribution in [3.05, 3.63) is 62.7 Å². The number of aryl methyl sites for hydroxylation is 1. The zero-order chi connectivity index (χ0) is 18.1. The Labute approximate surface area is 142 Å². The van der Waals surface area contributed by atoms with E-state index in [-0.39, 0.29) is 29.6 Å². The number of hydrogen-bond acceptors (Lipinski definition) is 7. The first-order valence-electron chi connectivity index (χ1n) is 7.57. The van der Waals surface area contributed by atoms with Crippen molar-refractivity contribution in [2.45, 2.75) is 19.8 Å². The molecular weight excluding hydrogens is 328 g/mol. The summed E-state index contributed by atoms with van der Waals surface area (Å²) in [6.07, 6.45) is 0. The second-order valence-electron chi connectivity index (χ2n) is 5.45. The number of non-ortho nitro benzene ring substituents is 1. The first-order chi connectivity index (χ1) is 11.9. The van der Waals surface area contributed by atoms with E-state index in [1.165, 1.54) is 12.1 Å². The largest absolute Gasteiger partial charge is 0.462 e. The number of rotatable bonds is 4.